The Hall–Kier alpha value is -2.53. The molecule has 0 aliphatic carbocycles. The first-order chi connectivity index (χ1) is 11.2. The summed E-state index contributed by atoms with van der Waals surface area (Å²) in [6.07, 6.45) is 0.612. The lowest BCUT2D eigenvalue weighted by atomic mass is 10.2. The lowest BCUT2D eigenvalue weighted by Crippen LogP contribution is -2.34. The predicted molar refractivity (Wildman–Crippen MR) is 92.0 cm³/mol. The van der Waals surface area contributed by atoms with Crippen LogP contribution in [-0.2, 0) is 4.79 Å². The van der Waals surface area contributed by atoms with Gasteiger partial charge in [0, 0.05) is 30.6 Å². The molecule has 0 spiro atoms. The number of hydrogen-bond donors (Lipinski definition) is 2. The van der Waals surface area contributed by atoms with Gasteiger partial charge in [0.15, 0.2) is 0 Å². The zero-order valence-electron chi connectivity index (χ0n) is 13.2. The summed E-state index contributed by atoms with van der Waals surface area (Å²) in [4.78, 5) is 14.3. The highest BCUT2D eigenvalue weighted by Crippen LogP contribution is 2.17. The standard InChI is InChI=1S/C18H22N2O3/c1-23-17-10-5-7-15(13-17)19-18(22)14-20(11-6-12-21)16-8-3-2-4-9-16/h2-5,7-10,13,21H,6,11-12,14H2,1H3,(H,19,22). The van der Waals surface area contributed by atoms with E-state index in [1.807, 2.05) is 53.4 Å². The molecule has 0 saturated heterocycles. The van der Waals surface area contributed by atoms with Gasteiger partial charge >= 0.3 is 0 Å². The monoisotopic (exact) mass is 314 g/mol. The van der Waals surface area contributed by atoms with Crippen LogP contribution in [0.4, 0.5) is 11.4 Å². The van der Waals surface area contributed by atoms with Crippen molar-refractivity contribution < 1.29 is 14.6 Å². The normalized spacial score (nSPS) is 10.2. The lowest BCUT2D eigenvalue weighted by molar-refractivity contribution is -0.115. The van der Waals surface area contributed by atoms with Crippen molar-refractivity contribution >= 4 is 17.3 Å². The highest BCUT2D eigenvalue weighted by atomic mass is 16.5. The van der Waals surface area contributed by atoms with E-state index in [1.165, 1.54) is 0 Å². The summed E-state index contributed by atoms with van der Waals surface area (Å²) >= 11 is 0. The zero-order chi connectivity index (χ0) is 16.5. The molecule has 0 saturated carbocycles. The van der Waals surface area contributed by atoms with E-state index in [-0.39, 0.29) is 19.1 Å². The number of methoxy groups -OCH3 is 1. The van der Waals surface area contributed by atoms with Crippen LogP contribution in [0.15, 0.2) is 54.6 Å². The first kappa shape index (κ1) is 16.8. The average Bonchev–Trinajstić information content (AvgIpc) is 2.59. The smallest absolute Gasteiger partial charge is 0.243 e. The highest BCUT2D eigenvalue weighted by molar-refractivity contribution is 5.94. The Labute approximate surface area is 136 Å². The number of amides is 1. The number of anilines is 2. The topological polar surface area (TPSA) is 61.8 Å². The molecule has 2 aromatic rings. The summed E-state index contributed by atoms with van der Waals surface area (Å²) in [5, 5.41) is 11.9. The fourth-order valence-corrected chi connectivity index (χ4v) is 2.27. The van der Waals surface area contributed by atoms with E-state index in [0.717, 1.165) is 5.69 Å². The fraction of sp³-hybridized carbons (Fsp3) is 0.278. The van der Waals surface area contributed by atoms with Gasteiger partial charge in [-0.1, -0.05) is 24.3 Å². The van der Waals surface area contributed by atoms with Crippen molar-refractivity contribution in [2.75, 3.05) is 37.0 Å². The van der Waals surface area contributed by atoms with Crippen molar-refractivity contribution in [3.63, 3.8) is 0 Å². The molecule has 5 heteroatoms. The van der Waals surface area contributed by atoms with Gasteiger partial charge in [-0.15, -0.1) is 0 Å². The molecule has 0 aliphatic rings. The minimum Gasteiger partial charge on any atom is -0.497 e. The van der Waals surface area contributed by atoms with E-state index >= 15 is 0 Å². The van der Waals surface area contributed by atoms with Crippen LogP contribution >= 0.6 is 0 Å². The minimum absolute atomic E-state index is 0.0981. The third-order valence-electron chi connectivity index (χ3n) is 3.40. The fourth-order valence-electron chi connectivity index (χ4n) is 2.27. The van der Waals surface area contributed by atoms with Crippen molar-refractivity contribution in [2.45, 2.75) is 6.42 Å². The van der Waals surface area contributed by atoms with E-state index in [4.69, 9.17) is 9.84 Å². The van der Waals surface area contributed by atoms with Crippen LogP contribution in [0.25, 0.3) is 0 Å². The van der Waals surface area contributed by atoms with Gasteiger partial charge in [0.1, 0.15) is 5.75 Å². The summed E-state index contributed by atoms with van der Waals surface area (Å²) in [5.74, 6) is 0.586. The molecule has 122 valence electrons. The quantitative estimate of drug-likeness (QED) is 0.786. The molecule has 2 aromatic carbocycles. The van der Waals surface area contributed by atoms with Crippen molar-refractivity contribution in [2.24, 2.45) is 0 Å². The Balaban J connectivity index is 2.02. The summed E-state index contributed by atoms with van der Waals surface area (Å²) in [5.41, 5.74) is 1.66. The van der Waals surface area contributed by atoms with E-state index in [1.54, 1.807) is 13.2 Å². The molecule has 0 heterocycles. The Kier molecular flexibility index (Phi) is 6.44. The van der Waals surface area contributed by atoms with Crippen molar-refractivity contribution in [3.05, 3.63) is 54.6 Å². The van der Waals surface area contributed by atoms with Gasteiger partial charge in [0.2, 0.25) is 5.91 Å². The van der Waals surface area contributed by atoms with Gasteiger partial charge in [0.05, 0.1) is 13.7 Å². The second-order valence-electron chi connectivity index (χ2n) is 5.11. The number of ether oxygens (including phenoxy) is 1. The molecule has 1 amide bonds. The minimum atomic E-state index is -0.111. The molecule has 0 fully saturated rings. The lowest BCUT2D eigenvalue weighted by Gasteiger charge is -2.24. The summed E-state index contributed by atoms with van der Waals surface area (Å²) in [7, 11) is 1.59. The van der Waals surface area contributed by atoms with Gasteiger partial charge in [-0.25, -0.2) is 0 Å². The number of aliphatic hydroxyl groups is 1. The number of rotatable bonds is 8. The Morgan fingerprint density at radius 1 is 1.17 bits per heavy atom. The van der Waals surface area contributed by atoms with Gasteiger partial charge in [-0.2, -0.15) is 0 Å². The van der Waals surface area contributed by atoms with Crippen molar-refractivity contribution in [3.8, 4) is 5.75 Å². The highest BCUT2D eigenvalue weighted by Gasteiger charge is 2.11. The molecule has 0 unspecified atom stereocenters. The number of hydrogen-bond acceptors (Lipinski definition) is 4. The molecular formula is C18H22N2O3. The van der Waals surface area contributed by atoms with Crippen LogP contribution in [0, 0.1) is 0 Å². The molecule has 23 heavy (non-hydrogen) atoms. The third-order valence-corrected chi connectivity index (χ3v) is 3.40. The molecule has 2 N–H and O–H groups in total. The number of nitrogens with one attached hydrogen (secondary N) is 1. The maximum atomic E-state index is 12.3. The number of carbonyl (C=O) groups is 1. The molecule has 0 aromatic heterocycles. The van der Waals surface area contributed by atoms with Crippen molar-refractivity contribution in [1.82, 2.24) is 0 Å². The number of para-hydroxylation sites is 1. The van der Waals surface area contributed by atoms with E-state index in [2.05, 4.69) is 5.32 Å². The number of carbonyl (C=O) groups excluding carboxylic acids is 1. The second-order valence-corrected chi connectivity index (χ2v) is 5.11. The van der Waals surface area contributed by atoms with E-state index < -0.39 is 0 Å². The zero-order valence-corrected chi connectivity index (χ0v) is 13.2. The molecular weight excluding hydrogens is 292 g/mol. The van der Waals surface area contributed by atoms with E-state index in [0.29, 0.717) is 24.4 Å². The maximum Gasteiger partial charge on any atom is 0.243 e. The summed E-state index contributed by atoms with van der Waals surface area (Å²) < 4.78 is 5.15. The Bertz CT molecular complexity index is 617. The third kappa shape index (κ3) is 5.30. The van der Waals surface area contributed by atoms with Crippen LogP contribution < -0.4 is 15.0 Å². The SMILES string of the molecule is COc1cccc(NC(=O)CN(CCCO)c2ccccc2)c1. The predicted octanol–water partition coefficient (Wildman–Crippen LogP) is 2.52. The Morgan fingerprint density at radius 2 is 1.96 bits per heavy atom. The molecule has 0 radical (unpaired) electrons. The summed E-state index contributed by atoms with van der Waals surface area (Å²) in [6.45, 7) is 0.939. The molecule has 5 nitrogen and oxygen atoms in total. The number of aliphatic hydroxyl groups excluding tert-OH is 1. The maximum absolute atomic E-state index is 12.3. The first-order valence-corrected chi connectivity index (χ1v) is 7.57. The average molecular weight is 314 g/mol. The molecule has 0 aliphatic heterocycles. The first-order valence-electron chi connectivity index (χ1n) is 7.57. The Morgan fingerprint density at radius 3 is 2.65 bits per heavy atom. The van der Waals surface area contributed by atoms with Crippen LogP contribution in [0.5, 0.6) is 5.75 Å². The van der Waals surface area contributed by atoms with Crippen molar-refractivity contribution in [1.29, 1.82) is 0 Å². The van der Waals surface area contributed by atoms with Crippen LogP contribution in [0.2, 0.25) is 0 Å². The summed E-state index contributed by atoms with van der Waals surface area (Å²) in [6, 6.07) is 17.0. The molecule has 0 atom stereocenters. The van der Waals surface area contributed by atoms with Crippen LogP contribution in [-0.4, -0.2) is 37.8 Å². The van der Waals surface area contributed by atoms with E-state index in [9.17, 15) is 4.79 Å². The number of benzene rings is 2. The van der Waals surface area contributed by atoms with Gasteiger partial charge < -0.3 is 20.1 Å². The van der Waals surface area contributed by atoms with Gasteiger partial charge in [-0.05, 0) is 30.7 Å². The molecule has 2 rings (SSSR count). The van der Waals surface area contributed by atoms with Gasteiger partial charge in [-0.3, -0.25) is 4.79 Å². The van der Waals surface area contributed by atoms with Gasteiger partial charge in [0.25, 0.3) is 0 Å². The number of nitrogens with zero attached hydrogens (tertiary/aromatic N) is 1. The second kappa shape index (κ2) is 8.80. The largest absolute Gasteiger partial charge is 0.497 e. The van der Waals surface area contributed by atoms with Crippen LogP contribution in [0.3, 0.4) is 0 Å². The van der Waals surface area contributed by atoms with Crippen LogP contribution in [0.1, 0.15) is 6.42 Å². The molecule has 0 bridgehead atoms.